The molecule has 0 aliphatic heterocycles. The maximum absolute atomic E-state index is 13.0. The molecule has 0 N–H and O–H groups in total. The topological polar surface area (TPSA) is 26.3 Å². The van der Waals surface area contributed by atoms with Gasteiger partial charge in [0.2, 0.25) is 0 Å². The lowest BCUT2D eigenvalue weighted by Gasteiger charge is -2.55. The molecule has 0 spiro atoms. The van der Waals surface area contributed by atoms with Gasteiger partial charge in [-0.05, 0) is 72.8 Å². The first-order valence-corrected chi connectivity index (χ1v) is 8.96. The van der Waals surface area contributed by atoms with Crippen LogP contribution in [0.1, 0.15) is 52.4 Å². The lowest BCUT2D eigenvalue weighted by atomic mass is 9.48. The van der Waals surface area contributed by atoms with Crippen molar-refractivity contribution in [3.8, 4) is 0 Å². The van der Waals surface area contributed by atoms with Crippen molar-refractivity contribution in [3.63, 3.8) is 0 Å². The van der Waals surface area contributed by atoms with Gasteiger partial charge in [-0.2, -0.15) is 0 Å². The fourth-order valence-corrected chi connectivity index (χ4v) is 6.38. The van der Waals surface area contributed by atoms with Crippen LogP contribution >= 0.6 is 0 Å². The summed E-state index contributed by atoms with van der Waals surface area (Å²) in [6.45, 7) is 4.79. The molecule has 0 radical (unpaired) electrons. The molecule has 0 aromatic heterocycles. The van der Waals surface area contributed by atoms with Gasteiger partial charge < -0.3 is 4.74 Å². The van der Waals surface area contributed by atoms with Crippen LogP contribution in [0.5, 0.6) is 0 Å². The van der Waals surface area contributed by atoms with Crippen LogP contribution in [0.4, 0.5) is 0 Å². The summed E-state index contributed by atoms with van der Waals surface area (Å²) < 4.78 is 5.79. The van der Waals surface area contributed by atoms with Crippen LogP contribution in [0, 0.1) is 28.6 Å². The molecule has 2 saturated carbocycles. The van der Waals surface area contributed by atoms with Gasteiger partial charge in [0, 0.05) is 13.0 Å². The second-order valence-electron chi connectivity index (χ2n) is 8.45. The molecule has 1 unspecified atom stereocenters. The van der Waals surface area contributed by atoms with Crippen LogP contribution in [-0.4, -0.2) is 19.0 Å². The second kappa shape index (κ2) is 4.80. The van der Waals surface area contributed by atoms with Crippen molar-refractivity contribution in [2.45, 2.75) is 58.5 Å². The maximum atomic E-state index is 13.0. The maximum Gasteiger partial charge on any atom is 0.159 e. The SMILES string of the molecule is COC1CC[C@H]2[C@@H]3C(=O)C=C4C=CCC[C@]4(C)[C@@H]3CC[C@]12C. The number of carbonyl (C=O) groups excluding carboxylic acids is 1. The van der Waals surface area contributed by atoms with E-state index in [4.69, 9.17) is 4.74 Å². The molecule has 22 heavy (non-hydrogen) atoms. The van der Waals surface area contributed by atoms with E-state index in [0.717, 1.165) is 19.3 Å². The predicted molar refractivity (Wildman–Crippen MR) is 87.4 cm³/mol. The molecule has 2 heteroatoms. The van der Waals surface area contributed by atoms with Gasteiger partial charge in [0.05, 0.1) is 6.10 Å². The van der Waals surface area contributed by atoms with Crippen molar-refractivity contribution in [3.05, 3.63) is 23.8 Å². The highest BCUT2D eigenvalue weighted by Gasteiger charge is 2.60. The van der Waals surface area contributed by atoms with Crippen LogP contribution in [0.3, 0.4) is 0 Å². The van der Waals surface area contributed by atoms with Gasteiger partial charge in [-0.25, -0.2) is 0 Å². The van der Waals surface area contributed by atoms with E-state index in [2.05, 4.69) is 26.0 Å². The molecule has 0 aromatic rings. The zero-order valence-electron chi connectivity index (χ0n) is 14.1. The number of rotatable bonds is 1. The van der Waals surface area contributed by atoms with Crippen LogP contribution < -0.4 is 0 Å². The lowest BCUT2D eigenvalue weighted by Crippen LogP contribution is -2.53. The molecule has 4 aliphatic rings. The molecule has 2 nitrogen and oxygen atoms in total. The molecule has 120 valence electrons. The molecular formula is C20H28O2. The monoisotopic (exact) mass is 300 g/mol. The van der Waals surface area contributed by atoms with Crippen molar-refractivity contribution >= 4 is 5.78 Å². The number of hydrogen-bond donors (Lipinski definition) is 0. The number of ether oxygens (including phenoxy) is 1. The Morgan fingerprint density at radius 2 is 1.95 bits per heavy atom. The van der Waals surface area contributed by atoms with E-state index in [0.29, 0.717) is 23.7 Å². The van der Waals surface area contributed by atoms with Gasteiger partial charge in [0.15, 0.2) is 5.78 Å². The van der Waals surface area contributed by atoms with Gasteiger partial charge >= 0.3 is 0 Å². The number of carbonyl (C=O) groups is 1. The Morgan fingerprint density at radius 1 is 1.14 bits per heavy atom. The quantitative estimate of drug-likeness (QED) is 0.721. The predicted octanol–water partition coefficient (Wildman–Crippen LogP) is 4.31. The third-order valence-corrected chi connectivity index (χ3v) is 7.70. The Kier molecular flexibility index (Phi) is 3.21. The molecule has 0 saturated heterocycles. The zero-order chi connectivity index (χ0) is 15.5. The van der Waals surface area contributed by atoms with Crippen molar-refractivity contribution in [1.82, 2.24) is 0 Å². The minimum Gasteiger partial charge on any atom is -0.381 e. The standard InChI is InChI=1S/C20H28O2/c1-19-10-5-4-6-13(19)12-16(21)18-14-7-8-17(22-3)20(14,2)11-9-15(18)19/h4,6,12,14-15,17-18H,5,7-11H2,1-3H3/t14-,15+,17?,18-,19-,20-/m0/s1. The number of allylic oxidation sites excluding steroid dienone is 4. The van der Waals surface area contributed by atoms with Crippen LogP contribution in [0.25, 0.3) is 0 Å². The van der Waals surface area contributed by atoms with Crippen LogP contribution in [-0.2, 0) is 9.53 Å². The minimum absolute atomic E-state index is 0.206. The highest BCUT2D eigenvalue weighted by atomic mass is 16.5. The Labute approximate surface area is 134 Å². The largest absolute Gasteiger partial charge is 0.381 e. The van der Waals surface area contributed by atoms with E-state index in [1.54, 1.807) is 0 Å². The molecule has 2 fully saturated rings. The van der Waals surface area contributed by atoms with E-state index >= 15 is 0 Å². The van der Waals surface area contributed by atoms with E-state index in [1.165, 1.54) is 24.8 Å². The van der Waals surface area contributed by atoms with E-state index in [-0.39, 0.29) is 16.7 Å². The highest BCUT2D eigenvalue weighted by molar-refractivity contribution is 5.95. The first-order valence-electron chi connectivity index (χ1n) is 8.96. The Bertz CT molecular complexity index is 560. The smallest absolute Gasteiger partial charge is 0.159 e. The fourth-order valence-electron chi connectivity index (χ4n) is 6.38. The molecule has 4 rings (SSSR count). The van der Waals surface area contributed by atoms with Gasteiger partial charge in [-0.15, -0.1) is 0 Å². The second-order valence-corrected chi connectivity index (χ2v) is 8.45. The van der Waals surface area contributed by atoms with E-state index < -0.39 is 0 Å². The van der Waals surface area contributed by atoms with Crippen LogP contribution in [0.2, 0.25) is 0 Å². The summed E-state index contributed by atoms with van der Waals surface area (Å²) in [5.41, 5.74) is 1.73. The fraction of sp³-hybridized carbons (Fsp3) is 0.750. The Hall–Kier alpha value is -0.890. The summed E-state index contributed by atoms with van der Waals surface area (Å²) in [6, 6.07) is 0. The zero-order valence-corrected chi connectivity index (χ0v) is 14.1. The van der Waals surface area contributed by atoms with Crippen molar-refractivity contribution in [2.24, 2.45) is 28.6 Å². The van der Waals surface area contributed by atoms with Crippen molar-refractivity contribution in [2.75, 3.05) is 7.11 Å². The van der Waals surface area contributed by atoms with Gasteiger partial charge in [0.25, 0.3) is 0 Å². The normalized spacial score (nSPS) is 50.1. The molecule has 0 bridgehead atoms. The van der Waals surface area contributed by atoms with Crippen molar-refractivity contribution in [1.29, 1.82) is 0 Å². The molecule has 0 heterocycles. The molecule has 0 aromatic carbocycles. The van der Waals surface area contributed by atoms with Gasteiger partial charge in [0.1, 0.15) is 0 Å². The average molecular weight is 300 g/mol. The molecule has 6 atom stereocenters. The number of fused-ring (bicyclic) bond motifs is 5. The first kappa shape index (κ1) is 14.7. The summed E-state index contributed by atoms with van der Waals surface area (Å²) >= 11 is 0. The Morgan fingerprint density at radius 3 is 2.73 bits per heavy atom. The number of hydrogen-bond acceptors (Lipinski definition) is 2. The van der Waals surface area contributed by atoms with Crippen LogP contribution in [0.15, 0.2) is 23.8 Å². The summed E-state index contributed by atoms with van der Waals surface area (Å²) in [6.07, 6.45) is 13.9. The van der Waals surface area contributed by atoms with E-state index in [1.807, 2.05) is 13.2 Å². The van der Waals surface area contributed by atoms with Gasteiger partial charge in [-0.3, -0.25) is 4.79 Å². The summed E-state index contributed by atoms with van der Waals surface area (Å²) in [4.78, 5) is 13.0. The summed E-state index contributed by atoms with van der Waals surface area (Å²) in [7, 11) is 1.85. The van der Waals surface area contributed by atoms with E-state index in [9.17, 15) is 4.79 Å². The minimum atomic E-state index is 0.206. The number of methoxy groups -OCH3 is 1. The molecular weight excluding hydrogens is 272 g/mol. The summed E-state index contributed by atoms with van der Waals surface area (Å²) in [5.74, 6) is 1.69. The van der Waals surface area contributed by atoms with Gasteiger partial charge in [-0.1, -0.05) is 26.0 Å². The Balaban J connectivity index is 1.76. The molecule has 0 amide bonds. The summed E-state index contributed by atoms with van der Waals surface area (Å²) in [5, 5.41) is 0. The molecule has 4 aliphatic carbocycles. The first-order chi connectivity index (χ1) is 10.5. The third-order valence-electron chi connectivity index (χ3n) is 7.70. The number of ketones is 1. The third kappa shape index (κ3) is 1.73. The lowest BCUT2D eigenvalue weighted by molar-refractivity contribution is -0.135. The van der Waals surface area contributed by atoms with Crippen molar-refractivity contribution < 1.29 is 9.53 Å². The highest BCUT2D eigenvalue weighted by Crippen LogP contribution is 2.63. The average Bonchev–Trinajstić information content (AvgIpc) is 2.84.